The molecule has 0 amide bonds. The van der Waals surface area contributed by atoms with Gasteiger partial charge in [-0.25, -0.2) is 4.79 Å². The molecule has 152 valence electrons. The molecule has 4 rings (SSSR count). The first-order chi connectivity index (χ1) is 14.6. The first kappa shape index (κ1) is 19.4. The van der Waals surface area contributed by atoms with Gasteiger partial charge in [0.2, 0.25) is 0 Å². The number of hydrogen-bond donors (Lipinski definition) is 0. The lowest BCUT2D eigenvalue weighted by Crippen LogP contribution is -2.23. The average Bonchev–Trinajstić information content (AvgIpc) is 3.11. The zero-order valence-electron chi connectivity index (χ0n) is 16.9. The minimum atomic E-state index is -0.346. The van der Waals surface area contributed by atoms with Crippen molar-refractivity contribution in [2.24, 2.45) is 7.05 Å². The van der Waals surface area contributed by atoms with Crippen LogP contribution in [-0.4, -0.2) is 31.9 Å². The first-order valence-corrected chi connectivity index (χ1v) is 9.37. The maximum atomic E-state index is 12.3. The molecule has 0 aliphatic heterocycles. The molecular weight excluding hydrogens is 382 g/mol. The van der Waals surface area contributed by atoms with Gasteiger partial charge in [-0.3, -0.25) is 4.98 Å². The normalized spacial score (nSPS) is 10.8. The fraction of sp³-hybridized carbons (Fsp3) is 0.182. The summed E-state index contributed by atoms with van der Waals surface area (Å²) < 4.78 is 14.0. The third-order valence-electron chi connectivity index (χ3n) is 4.82. The molecule has 30 heavy (non-hydrogen) atoms. The summed E-state index contributed by atoms with van der Waals surface area (Å²) in [6.07, 6.45) is 3.58. The number of pyridine rings is 1. The molecular formula is C22H21N5O3. The molecule has 0 unspecified atom stereocenters. The van der Waals surface area contributed by atoms with Gasteiger partial charge in [-0.1, -0.05) is 18.2 Å². The van der Waals surface area contributed by atoms with Gasteiger partial charge in [0, 0.05) is 25.0 Å². The Morgan fingerprint density at radius 2 is 1.87 bits per heavy atom. The van der Waals surface area contributed by atoms with Crippen molar-refractivity contribution in [1.82, 2.24) is 24.8 Å². The van der Waals surface area contributed by atoms with E-state index in [-0.39, 0.29) is 12.3 Å². The molecule has 8 nitrogen and oxygen atoms in total. The van der Waals surface area contributed by atoms with Gasteiger partial charge in [0.05, 0.1) is 18.4 Å². The molecule has 2 aromatic carbocycles. The van der Waals surface area contributed by atoms with Gasteiger partial charge in [0.25, 0.3) is 0 Å². The molecule has 2 aromatic heterocycles. The molecule has 0 N–H and O–H groups in total. The molecule has 2 heterocycles. The van der Waals surface area contributed by atoms with E-state index in [0.717, 1.165) is 22.4 Å². The van der Waals surface area contributed by atoms with Gasteiger partial charge >= 0.3 is 5.69 Å². The Morgan fingerprint density at radius 3 is 2.53 bits per heavy atom. The molecule has 0 saturated heterocycles. The highest BCUT2D eigenvalue weighted by atomic mass is 16.5. The second-order valence-electron chi connectivity index (χ2n) is 6.77. The lowest BCUT2D eigenvalue weighted by molar-refractivity contribution is 0.294. The van der Waals surface area contributed by atoms with Crippen LogP contribution in [0.3, 0.4) is 0 Å². The summed E-state index contributed by atoms with van der Waals surface area (Å²) >= 11 is 0. The SMILES string of the molecule is COc1cccc(-n2nnn(C)c2=O)c1COc1ccc(-c2cccnc2)cc1C. The number of aryl methyl sites for hydroxylation is 2. The van der Waals surface area contributed by atoms with Crippen molar-refractivity contribution < 1.29 is 9.47 Å². The highest BCUT2D eigenvalue weighted by molar-refractivity contribution is 5.64. The predicted molar refractivity (Wildman–Crippen MR) is 112 cm³/mol. The van der Waals surface area contributed by atoms with Gasteiger partial charge in [0.1, 0.15) is 18.1 Å². The van der Waals surface area contributed by atoms with Crippen molar-refractivity contribution in [3.8, 4) is 28.3 Å². The maximum Gasteiger partial charge on any atom is 0.368 e. The summed E-state index contributed by atoms with van der Waals surface area (Å²) in [5.74, 6) is 1.35. The van der Waals surface area contributed by atoms with Crippen LogP contribution >= 0.6 is 0 Å². The average molecular weight is 403 g/mol. The summed E-state index contributed by atoms with van der Waals surface area (Å²) in [6.45, 7) is 2.20. The molecule has 0 fully saturated rings. The molecule has 0 atom stereocenters. The Kier molecular flexibility index (Phi) is 5.30. The number of tetrazole rings is 1. The maximum absolute atomic E-state index is 12.3. The van der Waals surface area contributed by atoms with E-state index in [0.29, 0.717) is 17.0 Å². The number of benzene rings is 2. The minimum absolute atomic E-state index is 0.204. The van der Waals surface area contributed by atoms with Crippen LogP contribution in [-0.2, 0) is 13.7 Å². The molecule has 0 spiro atoms. The third kappa shape index (κ3) is 3.67. The van der Waals surface area contributed by atoms with Crippen LogP contribution in [0.15, 0.2) is 65.7 Å². The Morgan fingerprint density at radius 1 is 1.00 bits per heavy atom. The number of rotatable bonds is 6. The number of nitrogens with zero attached hydrogens (tertiary/aromatic N) is 5. The lowest BCUT2D eigenvalue weighted by Gasteiger charge is -2.15. The van der Waals surface area contributed by atoms with Gasteiger partial charge in [-0.15, -0.1) is 0 Å². The third-order valence-corrected chi connectivity index (χ3v) is 4.82. The van der Waals surface area contributed by atoms with Crippen LogP contribution in [0.1, 0.15) is 11.1 Å². The molecule has 0 bridgehead atoms. The molecule has 8 heteroatoms. The second-order valence-corrected chi connectivity index (χ2v) is 6.77. The van der Waals surface area contributed by atoms with Crippen LogP contribution < -0.4 is 15.2 Å². The summed E-state index contributed by atoms with van der Waals surface area (Å²) in [6, 6.07) is 15.3. The summed E-state index contributed by atoms with van der Waals surface area (Å²) in [5.41, 5.74) is 4.03. The summed E-state index contributed by atoms with van der Waals surface area (Å²) in [5, 5.41) is 7.73. The van der Waals surface area contributed by atoms with E-state index in [1.54, 1.807) is 32.5 Å². The number of aromatic nitrogens is 5. The standard InChI is InChI=1S/C22H21N5O3/c1-15-12-16(17-6-5-11-23-13-17)9-10-20(15)30-14-18-19(7-4-8-21(18)29-3)27-22(28)26(2)24-25-27/h4-13H,14H2,1-3H3. The van der Waals surface area contributed by atoms with E-state index in [2.05, 4.69) is 21.5 Å². The Labute approximate surface area is 173 Å². The predicted octanol–water partition coefficient (Wildman–Crippen LogP) is 2.92. The topological polar surface area (TPSA) is 84.1 Å². The Bertz CT molecular complexity index is 1230. The Hall–Kier alpha value is -3.94. The fourth-order valence-electron chi connectivity index (χ4n) is 3.23. The van der Waals surface area contributed by atoms with Crippen LogP contribution in [0, 0.1) is 6.92 Å². The highest BCUT2D eigenvalue weighted by Crippen LogP contribution is 2.29. The van der Waals surface area contributed by atoms with E-state index in [9.17, 15) is 4.79 Å². The largest absolute Gasteiger partial charge is 0.496 e. The van der Waals surface area contributed by atoms with Crippen LogP contribution in [0.25, 0.3) is 16.8 Å². The van der Waals surface area contributed by atoms with Crippen molar-refractivity contribution in [2.75, 3.05) is 7.11 Å². The van der Waals surface area contributed by atoms with Gasteiger partial charge in [0.15, 0.2) is 0 Å². The van der Waals surface area contributed by atoms with Crippen LogP contribution in [0.5, 0.6) is 11.5 Å². The fourth-order valence-corrected chi connectivity index (χ4v) is 3.23. The quantitative estimate of drug-likeness (QED) is 0.492. The van der Waals surface area contributed by atoms with E-state index in [1.807, 2.05) is 43.5 Å². The van der Waals surface area contributed by atoms with Gasteiger partial charge < -0.3 is 9.47 Å². The van der Waals surface area contributed by atoms with Crippen molar-refractivity contribution in [3.05, 3.63) is 82.5 Å². The minimum Gasteiger partial charge on any atom is -0.496 e. The highest BCUT2D eigenvalue weighted by Gasteiger charge is 2.16. The van der Waals surface area contributed by atoms with Crippen molar-refractivity contribution in [2.45, 2.75) is 13.5 Å². The van der Waals surface area contributed by atoms with Crippen molar-refractivity contribution >= 4 is 0 Å². The van der Waals surface area contributed by atoms with Crippen LogP contribution in [0.4, 0.5) is 0 Å². The van der Waals surface area contributed by atoms with Crippen molar-refractivity contribution in [3.63, 3.8) is 0 Å². The van der Waals surface area contributed by atoms with E-state index < -0.39 is 0 Å². The second kappa shape index (κ2) is 8.20. The summed E-state index contributed by atoms with van der Waals surface area (Å²) in [7, 11) is 3.13. The number of hydrogen-bond acceptors (Lipinski definition) is 6. The van der Waals surface area contributed by atoms with Gasteiger partial charge in [-0.05, 0) is 58.8 Å². The smallest absolute Gasteiger partial charge is 0.368 e. The van der Waals surface area contributed by atoms with E-state index in [1.165, 1.54) is 9.36 Å². The molecule has 0 radical (unpaired) electrons. The van der Waals surface area contributed by atoms with E-state index >= 15 is 0 Å². The van der Waals surface area contributed by atoms with Crippen molar-refractivity contribution in [1.29, 1.82) is 0 Å². The molecule has 0 aliphatic rings. The summed E-state index contributed by atoms with van der Waals surface area (Å²) in [4.78, 5) is 16.5. The first-order valence-electron chi connectivity index (χ1n) is 9.37. The number of ether oxygens (including phenoxy) is 2. The molecule has 0 saturated carbocycles. The number of methoxy groups -OCH3 is 1. The monoisotopic (exact) mass is 403 g/mol. The zero-order chi connectivity index (χ0) is 21.1. The zero-order valence-corrected chi connectivity index (χ0v) is 16.9. The van der Waals surface area contributed by atoms with Gasteiger partial charge in [-0.2, -0.15) is 9.36 Å². The molecule has 4 aromatic rings. The van der Waals surface area contributed by atoms with Crippen LogP contribution in [0.2, 0.25) is 0 Å². The lowest BCUT2D eigenvalue weighted by atomic mass is 10.0. The molecule has 0 aliphatic carbocycles. The Balaban J connectivity index is 1.64. The van der Waals surface area contributed by atoms with E-state index in [4.69, 9.17) is 9.47 Å².